The van der Waals surface area contributed by atoms with Crippen LogP contribution >= 0.6 is 0 Å². The summed E-state index contributed by atoms with van der Waals surface area (Å²) < 4.78 is 10.6. The molecule has 0 amide bonds. The predicted octanol–water partition coefficient (Wildman–Crippen LogP) is 1.20. The van der Waals surface area contributed by atoms with E-state index < -0.39 is 0 Å². The smallest absolute Gasteiger partial charge is 0.221 e. The zero-order chi connectivity index (χ0) is 12.1. The molecule has 0 aliphatic rings. The second-order valence-corrected chi connectivity index (χ2v) is 3.55. The molecule has 2 aromatic rings. The molecule has 1 aromatic heterocycles. The maximum Gasteiger partial charge on any atom is 0.221 e. The molecular formula is C12H14N2O3. The first-order valence-electron chi connectivity index (χ1n) is 5.37. The van der Waals surface area contributed by atoms with Gasteiger partial charge in [0.2, 0.25) is 11.8 Å². The maximum atomic E-state index is 8.75. The highest BCUT2D eigenvalue weighted by molar-refractivity contribution is 5.34. The van der Waals surface area contributed by atoms with Crippen molar-refractivity contribution in [2.45, 2.75) is 12.8 Å². The molecule has 0 fully saturated rings. The lowest BCUT2D eigenvalue weighted by atomic mass is 10.1. The van der Waals surface area contributed by atoms with Gasteiger partial charge in [-0.1, -0.05) is 18.2 Å². The number of hydrogen-bond donors (Lipinski definition) is 1. The molecule has 0 unspecified atom stereocenters. The Bertz CT molecular complexity index is 482. The number of aliphatic hydroxyl groups excluding tert-OH is 1. The summed E-state index contributed by atoms with van der Waals surface area (Å²) in [5.74, 6) is 1.78. The van der Waals surface area contributed by atoms with Gasteiger partial charge in [-0.05, 0) is 6.07 Å². The van der Waals surface area contributed by atoms with E-state index in [0.29, 0.717) is 24.6 Å². The second-order valence-electron chi connectivity index (χ2n) is 3.55. The molecule has 1 aromatic carbocycles. The van der Waals surface area contributed by atoms with Crippen LogP contribution in [0.1, 0.15) is 17.3 Å². The van der Waals surface area contributed by atoms with E-state index in [4.69, 9.17) is 14.3 Å². The summed E-state index contributed by atoms with van der Waals surface area (Å²) in [5, 5.41) is 16.5. The van der Waals surface area contributed by atoms with Crippen molar-refractivity contribution in [3.8, 4) is 5.75 Å². The molecule has 90 valence electrons. The van der Waals surface area contributed by atoms with Gasteiger partial charge in [0.05, 0.1) is 20.1 Å². The van der Waals surface area contributed by atoms with Gasteiger partial charge in [0.25, 0.3) is 0 Å². The van der Waals surface area contributed by atoms with Gasteiger partial charge in [-0.3, -0.25) is 0 Å². The Morgan fingerprint density at radius 3 is 2.76 bits per heavy atom. The number of ether oxygens (including phenoxy) is 1. The highest BCUT2D eigenvalue weighted by Crippen LogP contribution is 2.20. The molecule has 0 spiro atoms. The monoisotopic (exact) mass is 234 g/mol. The van der Waals surface area contributed by atoms with Gasteiger partial charge in [-0.25, -0.2) is 0 Å². The molecule has 0 saturated carbocycles. The van der Waals surface area contributed by atoms with Gasteiger partial charge in [-0.2, -0.15) is 0 Å². The van der Waals surface area contributed by atoms with Crippen LogP contribution in [0.4, 0.5) is 0 Å². The van der Waals surface area contributed by atoms with E-state index >= 15 is 0 Å². The second kappa shape index (κ2) is 5.45. The molecule has 1 heterocycles. The Balaban J connectivity index is 2.13. The van der Waals surface area contributed by atoms with Crippen LogP contribution in [0.5, 0.6) is 5.75 Å². The van der Waals surface area contributed by atoms with Gasteiger partial charge in [0.1, 0.15) is 5.75 Å². The standard InChI is InChI=1S/C12H14N2O3/c1-16-10-5-3-2-4-9(10)8-12-14-13-11(17-12)6-7-15/h2-5,15H,6-8H2,1H3. The fraction of sp³-hybridized carbons (Fsp3) is 0.333. The van der Waals surface area contributed by atoms with Gasteiger partial charge in [0.15, 0.2) is 0 Å². The molecule has 5 heteroatoms. The van der Waals surface area contributed by atoms with Gasteiger partial charge in [0, 0.05) is 12.0 Å². The van der Waals surface area contributed by atoms with Crippen LogP contribution in [0.25, 0.3) is 0 Å². The highest BCUT2D eigenvalue weighted by Gasteiger charge is 2.09. The minimum absolute atomic E-state index is 0.0102. The third-order valence-electron chi connectivity index (χ3n) is 2.37. The summed E-state index contributed by atoms with van der Waals surface area (Å²) in [5.41, 5.74) is 0.995. The minimum atomic E-state index is 0.0102. The van der Waals surface area contributed by atoms with Crippen molar-refractivity contribution in [1.29, 1.82) is 0 Å². The number of methoxy groups -OCH3 is 1. The van der Waals surface area contributed by atoms with Crippen molar-refractivity contribution in [3.05, 3.63) is 41.6 Å². The lowest BCUT2D eigenvalue weighted by molar-refractivity contribution is 0.283. The van der Waals surface area contributed by atoms with Crippen molar-refractivity contribution < 1.29 is 14.3 Å². The van der Waals surface area contributed by atoms with Crippen LogP contribution in [0.15, 0.2) is 28.7 Å². The topological polar surface area (TPSA) is 68.4 Å². The van der Waals surface area contributed by atoms with Crippen LogP contribution in [0.3, 0.4) is 0 Å². The van der Waals surface area contributed by atoms with Crippen molar-refractivity contribution in [2.24, 2.45) is 0 Å². The van der Waals surface area contributed by atoms with Crippen molar-refractivity contribution in [3.63, 3.8) is 0 Å². The van der Waals surface area contributed by atoms with E-state index in [-0.39, 0.29) is 6.61 Å². The summed E-state index contributed by atoms with van der Waals surface area (Å²) in [7, 11) is 1.63. The Morgan fingerprint density at radius 1 is 1.24 bits per heavy atom. The van der Waals surface area contributed by atoms with Crippen LogP contribution < -0.4 is 4.74 Å². The molecule has 1 N–H and O–H groups in total. The zero-order valence-corrected chi connectivity index (χ0v) is 9.59. The number of rotatable bonds is 5. The molecular weight excluding hydrogens is 220 g/mol. The van der Waals surface area contributed by atoms with Crippen LogP contribution in [0.2, 0.25) is 0 Å². The van der Waals surface area contributed by atoms with E-state index in [1.807, 2.05) is 24.3 Å². The lowest BCUT2D eigenvalue weighted by Gasteiger charge is -2.05. The molecule has 0 atom stereocenters. The number of hydrogen-bond acceptors (Lipinski definition) is 5. The number of para-hydroxylation sites is 1. The first-order valence-corrected chi connectivity index (χ1v) is 5.37. The first-order chi connectivity index (χ1) is 8.33. The van der Waals surface area contributed by atoms with E-state index in [1.54, 1.807) is 7.11 Å². The Kier molecular flexibility index (Phi) is 3.72. The lowest BCUT2D eigenvalue weighted by Crippen LogP contribution is -1.93. The summed E-state index contributed by atoms with van der Waals surface area (Å²) in [6, 6.07) is 7.69. The fourth-order valence-corrected chi connectivity index (χ4v) is 1.57. The summed E-state index contributed by atoms with van der Waals surface area (Å²) >= 11 is 0. The SMILES string of the molecule is COc1ccccc1Cc1nnc(CCO)o1. The summed E-state index contributed by atoms with van der Waals surface area (Å²) in [6.07, 6.45) is 0.918. The minimum Gasteiger partial charge on any atom is -0.496 e. The van der Waals surface area contributed by atoms with Crippen molar-refractivity contribution in [2.75, 3.05) is 13.7 Å². The van der Waals surface area contributed by atoms with Crippen LogP contribution in [-0.2, 0) is 12.8 Å². The quantitative estimate of drug-likeness (QED) is 0.842. The predicted molar refractivity (Wildman–Crippen MR) is 60.9 cm³/mol. The third kappa shape index (κ3) is 2.82. The van der Waals surface area contributed by atoms with Gasteiger partial charge >= 0.3 is 0 Å². The van der Waals surface area contributed by atoms with Crippen LogP contribution in [-0.4, -0.2) is 29.0 Å². The van der Waals surface area contributed by atoms with E-state index in [0.717, 1.165) is 11.3 Å². The number of nitrogens with zero attached hydrogens (tertiary/aromatic N) is 2. The molecule has 0 bridgehead atoms. The highest BCUT2D eigenvalue weighted by atomic mass is 16.5. The van der Waals surface area contributed by atoms with E-state index in [9.17, 15) is 0 Å². The van der Waals surface area contributed by atoms with Gasteiger partial charge in [-0.15, -0.1) is 10.2 Å². The average molecular weight is 234 g/mol. The molecule has 0 saturated heterocycles. The Morgan fingerprint density at radius 2 is 2.00 bits per heavy atom. The third-order valence-corrected chi connectivity index (χ3v) is 2.37. The van der Waals surface area contributed by atoms with E-state index in [2.05, 4.69) is 10.2 Å². The summed E-state index contributed by atoms with van der Waals surface area (Å²) in [6.45, 7) is 0.0102. The number of aromatic nitrogens is 2. The van der Waals surface area contributed by atoms with Gasteiger partial charge < -0.3 is 14.3 Å². The molecule has 0 aliphatic heterocycles. The van der Waals surface area contributed by atoms with Crippen molar-refractivity contribution >= 4 is 0 Å². The number of aliphatic hydroxyl groups is 1. The molecule has 0 aliphatic carbocycles. The summed E-state index contributed by atoms with van der Waals surface area (Å²) in [4.78, 5) is 0. The molecule has 0 radical (unpaired) electrons. The largest absolute Gasteiger partial charge is 0.496 e. The normalized spacial score (nSPS) is 10.5. The maximum absolute atomic E-state index is 8.75. The van der Waals surface area contributed by atoms with Crippen LogP contribution in [0, 0.1) is 0 Å². The number of benzene rings is 1. The Hall–Kier alpha value is -1.88. The first kappa shape index (κ1) is 11.6. The zero-order valence-electron chi connectivity index (χ0n) is 9.59. The Labute approximate surface area is 99.1 Å². The fourth-order valence-electron chi connectivity index (χ4n) is 1.57. The molecule has 5 nitrogen and oxygen atoms in total. The molecule has 2 rings (SSSR count). The molecule has 17 heavy (non-hydrogen) atoms. The average Bonchev–Trinajstić information content (AvgIpc) is 2.78. The van der Waals surface area contributed by atoms with Crippen molar-refractivity contribution in [1.82, 2.24) is 10.2 Å². The van der Waals surface area contributed by atoms with E-state index in [1.165, 1.54) is 0 Å².